The monoisotopic (exact) mass is 325 g/mol. The highest BCUT2D eigenvalue weighted by Gasteiger charge is 2.15. The lowest BCUT2D eigenvalue weighted by molar-refractivity contribution is 0.570. The average molecular weight is 325 g/mol. The Kier molecular flexibility index (Phi) is 4.97. The molecule has 1 atom stereocenters. The third kappa shape index (κ3) is 4.26. The molecule has 1 aromatic heterocycles. The standard InChI is InChI=1S/C14H19N3O2S2/c1-10(2)17-21(18,19)13-6-4-12(5-7-13)16-11(3)14-15-8-9-20-14/h4-11,16-17H,1-3H3. The van der Waals surface area contributed by atoms with E-state index >= 15 is 0 Å². The van der Waals surface area contributed by atoms with E-state index in [4.69, 9.17) is 0 Å². The molecule has 0 fully saturated rings. The molecule has 0 amide bonds. The Morgan fingerprint density at radius 1 is 1.14 bits per heavy atom. The summed E-state index contributed by atoms with van der Waals surface area (Å²) in [5, 5.41) is 6.22. The van der Waals surface area contributed by atoms with Crippen LogP contribution in [-0.4, -0.2) is 19.4 Å². The summed E-state index contributed by atoms with van der Waals surface area (Å²) in [6.07, 6.45) is 1.77. The first kappa shape index (κ1) is 15.9. The maximum atomic E-state index is 12.0. The molecule has 5 nitrogen and oxygen atoms in total. The van der Waals surface area contributed by atoms with Gasteiger partial charge in [-0.3, -0.25) is 0 Å². The van der Waals surface area contributed by atoms with Crippen molar-refractivity contribution in [3.05, 3.63) is 40.8 Å². The van der Waals surface area contributed by atoms with Gasteiger partial charge in [-0.15, -0.1) is 11.3 Å². The molecule has 0 bridgehead atoms. The third-order valence-electron chi connectivity index (χ3n) is 2.76. The second-order valence-electron chi connectivity index (χ2n) is 5.04. The minimum Gasteiger partial charge on any atom is -0.376 e. The molecular formula is C14H19N3O2S2. The second kappa shape index (κ2) is 6.55. The van der Waals surface area contributed by atoms with Crippen molar-refractivity contribution in [3.8, 4) is 0 Å². The van der Waals surface area contributed by atoms with Crippen LogP contribution in [0.4, 0.5) is 5.69 Å². The molecule has 2 aromatic rings. The molecule has 0 spiro atoms. The van der Waals surface area contributed by atoms with Gasteiger partial charge in [0.15, 0.2) is 0 Å². The fourth-order valence-electron chi connectivity index (χ4n) is 1.87. The molecule has 2 rings (SSSR count). The van der Waals surface area contributed by atoms with E-state index in [0.29, 0.717) is 0 Å². The number of thiazole rings is 1. The molecule has 0 saturated heterocycles. The van der Waals surface area contributed by atoms with Gasteiger partial charge >= 0.3 is 0 Å². The number of hydrogen-bond acceptors (Lipinski definition) is 5. The lowest BCUT2D eigenvalue weighted by Crippen LogP contribution is -2.30. The number of benzene rings is 1. The van der Waals surface area contributed by atoms with E-state index in [1.54, 1.807) is 55.6 Å². The Morgan fingerprint density at radius 3 is 2.33 bits per heavy atom. The van der Waals surface area contributed by atoms with Crippen LogP contribution in [0.3, 0.4) is 0 Å². The van der Waals surface area contributed by atoms with E-state index in [-0.39, 0.29) is 17.0 Å². The average Bonchev–Trinajstić information content (AvgIpc) is 2.91. The molecule has 21 heavy (non-hydrogen) atoms. The Labute approximate surface area is 129 Å². The fourth-order valence-corrected chi connectivity index (χ4v) is 3.77. The van der Waals surface area contributed by atoms with Gasteiger partial charge in [-0.05, 0) is 45.0 Å². The van der Waals surface area contributed by atoms with Gasteiger partial charge in [-0.1, -0.05) is 0 Å². The number of hydrogen-bond donors (Lipinski definition) is 2. The molecule has 1 aromatic carbocycles. The van der Waals surface area contributed by atoms with Crippen molar-refractivity contribution < 1.29 is 8.42 Å². The van der Waals surface area contributed by atoms with E-state index in [2.05, 4.69) is 15.0 Å². The van der Waals surface area contributed by atoms with E-state index in [1.807, 2.05) is 12.3 Å². The van der Waals surface area contributed by atoms with Crippen LogP contribution in [-0.2, 0) is 10.0 Å². The zero-order chi connectivity index (χ0) is 15.5. The van der Waals surface area contributed by atoms with Gasteiger partial charge in [0.25, 0.3) is 0 Å². The Balaban J connectivity index is 2.09. The van der Waals surface area contributed by atoms with Crippen LogP contribution >= 0.6 is 11.3 Å². The Hall–Kier alpha value is -1.44. The fraction of sp³-hybridized carbons (Fsp3) is 0.357. The number of rotatable bonds is 6. The predicted molar refractivity (Wildman–Crippen MR) is 86.1 cm³/mol. The minimum absolute atomic E-state index is 0.0845. The summed E-state index contributed by atoms with van der Waals surface area (Å²) in [5.41, 5.74) is 0.862. The van der Waals surface area contributed by atoms with Gasteiger partial charge in [0.2, 0.25) is 10.0 Å². The molecule has 0 aliphatic heterocycles. The maximum absolute atomic E-state index is 12.0. The quantitative estimate of drug-likeness (QED) is 0.856. The number of sulfonamides is 1. The lowest BCUT2D eigenvalue weighted by atomic mass is 10.3. The molecule has 114 valence electrons. The van der Waals surface area contributed by atoms with Crippen LogP contribution in [0.2, 0.25) is 0 Å². The third-order valence-corrected chi connectivity index (χ3v) is 5.39. The number of aromatic nitrogens is 1. The minimum atomic E-state index is -3.44. The summed E-state index contributed by atoms with van der Waals surface area (Å²) in [7, 11) is -3.44. The molecule has 7 heteroatoms. The summed E-state index contributed by atoms with van der Waals surface area (Å²) in [5.74, 6) is 0. The lowest BCUT2D eigenvalue weighted by Gasteiger charge is -2.14. The van der Waals surface area contributed by atoms with E-state index in [9.17, 15) is 8.42 Å². The van der Waals surface area contributed by atoms with Gasteiger partial charge in [0.1, 0.15) is 5.01 Å². The van der Waals surface area contributed by atoms with E-state index in [0.717, 1.165) is 10.7 Å². The van der Waals surface area contributed by atoms with Crippen LogP contribution in [0.25, 0.3) is 0 Å². The van der Waals surface area contributed by atoms with Crippen molar-refractivity contribution >= 4 is 27.0 Å². The summed E-state index contributed by atoms with van der Waals surface area (Å²) in [6.45, 7) is 5.61. The molecular weight excluding hydrogens is 306 g/mol. The van der Waals surface area contributed by atoms with Crippen molar-refractivity contribution in [2.24, 2.45) is 0 Å². The SMILES string of the molecule is CC(C)NS(=O)(=O)c1ccc(NC(C)c2nccs2)cc1. The topological polar surface area (TPSA) is 71.1 Å². The number of nitrogens with zero attached hydrogens (tertiary/aromatic N) is 1. The molecule has 2 N–H and O–H groups in total. The summed E-state index contributed by atoms with van der Waals surface area (Å²) < 4.78 is 26.6. The maximum Gasteiger partial charge on any atom is 0.240 e. The first-order valence-electron chi connectivity index (χ1n) is 6.67. The van der Waals surface area contributed by atoms with Crippen LogP contribution in [0.1, 0.15) is 31.8 Å². The zero-order valence-electron chi connectivity index (χ0n) is 12.2. The summed E-state index contributed by atoms with van der Waals surface area (Å²) in [4.78, 5) is 4.52. The first-order valence-corrected chi connectivity index (χ1v) is 9.03. The highest BCUT2D eigenvalue weighted by molar-refractivity contribution is 7.89. The van der Waals surface area contributed by atoms with Crippen molar-refractivity contribution in [2.75, 3.05) is 5.32 Å². The second-order valence-corrected chi connectivity index (χ2v) is 7.68. The van der Waals surface area contributed by atoms with Crippen molar-refractivity contribution in [1.82, 2.24) is 9.71 Å². The van der Waals surface area contributed by atoms with Crippen LogP contribution in [0.5, 0.6) is 0 Å². The highest BCUT2D eigenvalue weighted by atomic mass is 32.2. The van der Waals surface area contributed by atoms with Gasteiger partial charge in [-0.2, -0.15) is 0 Å². The summed E-state index contributed by atoms with van der Waals surface area (Å²) in [6, 6.07) is 6.68. The largest absolute Gasteiger partial charge is 0.376 e. The molecule has 0 aliphatic rings. The molecule has 1 unspecified atom stereocenters. The van der Waals surface area contributed by atoms with Gasteiger partial charge in [0, 0.05) is 23.3 Å². The smallest absolute Gasteiger partial charge is 0.240 e. The zero-order valence-corrected chi connectivity index (χ0v) is 13.8. The normalized spacial score (nSPS) is 13.3. The Morgan fingerprint density at radius 2 is 1.81 bits per heavy atom. The van der Waals surface area contributed by atoms with Gasteiger partial charge in [0.05, 0.1) is 10.9 Å². The number of anilines is 1. The molecule has 0 saturated carbocycles. The number of nitrogens with one attached hydrogen (secondary N) is 2. The first-order chi connectivity index (χ1) is 9.88. The predicted octanol–water partition coefficient (Wildman–Crippen LogP) is 3.00. The van der Waals surface area contributed by atoms with Gasteiger partial charge in [-0.25, -0.2) is 18.1 Å². The van der Waals surface area contributed by atoms with Crippen molar-refractivity contribution in [3.63, 3.8) is 0 Å². The van der Waals surface area contributed by atoms with Crippen LogP contribution < -0.4 is 10.0 Å². The molecule has 1 heterocycles. The van der Waals surface area contributed by atoms with E-state index < -0.39 is 10.0 Å². The van der Waals surface area contributed by atoms with E-state index in [1.165, 1.54) is 0 Å². The highest BCUT2D eigenvalue weighted by Crippen LogP contribution is 2.22. The van der Waals surface area contributed by atoms with Crippen LogP contribution in [0, 0.1) is 0 Å². The summed E-state index contributed by atoms with van der Waals surface area (Å²) >= 11 is 1.59. The molecule has 0 aliphatic carbocycles. The van der Waals surface area contributed by atoms with Crippen molar-refractivity contribution in [1.29, 1.82) is 0 Å². The Bertz CT molecular complexity index is 665. The van der Waals surface area contributed by atoms with Crippen molar-refractivity contribution in [2.45, 2.75) is 37.8 Å². The van der Waals surface area contributed by atoms with Gasteiger partial charge < -0.3 is 5.32 Å². The molecule has 0 radical (unpaired) electrons. The van der Waals surface area contributed by atoms with Crippen LogP contribution in [0.15, 0.2) is 40.7 Å².